The Morgan fingerprint density at radius 2 is 2.11 bits per heavy atom. The Hall–Kier alpha value is -1.13. The Morgan fingerprint density at radius 3 is 2.72 bits per heavy atom. The summed E-state index contributed by atoms with van der Waals surface area (Å²) in [5, 5.41) is 0. The molecule has 1 atom stereocenters. The van der Waals surface area contributed by atoms with E-state index in [-0.39, 0.29) is 0 Å². The normalized spacial score (nSPS) is 25.9. The van der Waals surface area contributed by atoms with E-state index < -0.39 is 0 Å². The summed E-state index contributed by atoms with van der Waals surface area (Å²) in [4.78, 5) is 4.13. The van der Waals surface area contributed by atoms with Gasteiger partial charge < -0.3 is 5.73 Å². The van der Waals surface area contributed by atoms with Crippen LogP contribution >= 0.6 is 0 Å². The summed E-state index contributed by atoms with van der Waals surface area (Å²) < 4.78 is 0. The lowest BCUT2D eigenvalue weighted by molar-refractivity contribution is 0.229. The first kappa shape index (κ1) is 13.3. The monoisotopic (exact) mass is 248 g/mol. The number of hydrogen-bond donors (Lipinski definition) is 3. The fraction of sp³-hybridized carbons (Fsp3) is 0.643. The first-order valence-corrected chi connectivity index (χ1v) is 6.86. The van der Waals surface area contributed by atoms with Gasteiger partial charge in [0, 0.05) is 12.2 Å². The van der Waals surface area contributed by atoms with Crippen LogP contribution in [-0.4, -0.2) is 11.0 Å². The van der Waals surface area contributed by atoms with Crippen molar-refractivity contribution in [2.24, 2.45) is 17.7 Å². The highest BCUT2D eigenvalue weighted by molar-refractivity contribution is 5.38. The van der Waals surface area contributed by atoms with E-state index in [1.54, 1.807) is 6.20 Å². The van der Waals surface area contributed by atoms with Crippen molar-refractivity contribution in [2.45, 2.75) is 45.1 Å². The summed E-state index contributed by atoms with van der Waals surface area (Å²) in [6.07, 6.45) is 7.74. The summed E-state index contributed by atoms with van der Waals surface area (Å²) in [7, 11) is 0. The molecular weight excluding hydrogens is 224 g/mol. The van der Waals surface area contributed by atoms with Crippen LogP contribution in [0.3, 0.4) is 0 Å². The van der Waals surface area contributed by atoms with Gasteiger partial charge in [-0.25, -0.2) is 4.98 Å². The topological polar surface area (TPSA) is 77.0 Å². The van der Waals surface area contributed by atoms with Crippen molar-refractivity contribution >= 4 is 5.82 Å². The quantitative estimate of drug-likeness (QED) is 0.561. The molecule has 1 aromatic rings. The number of hydrogen-bond acceptors (Lipinski definition) is 4. The lowest BCUT2D eigenvalue weighted by atomic mass is 9.78. The van der Waals surface area contributed by atoms with Crippen LogP contribution in [0.5, 0.6) is 0 Å². The van der Waals surface area contributed by atoms with Crippen molar-refractivity contribution in [3.8, 4) is 0 Å². The maximum absolute atomic E-state index is 5.90. The molecule has 1 aliphatic rings. The predicted octanol–water partition coefficient (Wildman–Crippen LogP) is 1.86. The Bertz CT molecular complexity index is 372. The SMILES string of the molecule is CC1CCC(C(Cc2cccnc2N)NN)CC1. The molecule has 1 heterocycles. The highest BCUT2D eigenvalue weighted by Gasteiger charge is 2.25. The molecule has 1 unspecified atom stereocenters. The molecule has 1 saturated carbocycles. The van der Waals surface area contributed by atoms with E-state index in [1.807, 2.05) is 12.1 Å². The summed E-state index contributed by atoms with van der Waals surface area (Å²) in [5.41, 5.74) is 9.97. The molecule has 0 radical (unpaired) electrons. The molecule has 0 aromatic carbocycles. The van der Waals surface area contributed by atoms with Crippen LogP contribution in [0, 0.1) is 11.8 Å². The zero-order valence-corrected chi connectivity index (χ0v) is 11.1. The van der Waals surface area contributed by atoms with Crippen LogP contribution in [0.15, 0.2) is 18.3 Å². The van der Waals surface area contributed by atoms with E-state index in [9.17, 15) is 0 Å². The molecule has 1 aromatic heterocycles. The predicted molar refractivity (Wildman–Crippen MR) is 74.6 cm³/mol. The zero-order valence-electron chi connectivity index (χ0n) is 11.1. The van der Waals surface area contributed by atoms with Gasteiger partial charge in [-0.15, -0.1) is 0 Å². The van der Waals surface area contributed by atoms with Gasteiger partial charge in [0.1, 0.15) is 5.82 Å². The van der Waals surface area contributed by atoms with Gasteiger partial charge in [0.15, 0.2) is 0 Å². The molecule has 4 heteroatoms. The molecule has 1 fully saturated rings. The first-order chi connectivity index (χ1) is 8.70. The zero-order chi connectivity index (χ0) is 13.0. The fourth-order valence-electron chi connectivity index (χ4n) is 2.91. The molecule has 2 rings (SSSR count). The molecule has 0 spiro atoms. The smallest absolute Gasteiger partial charge is 0.126 e. The van der Waals surface area contributed by atoms with Crippen LogP contribution in [0.1, 0.15) is 38.2 Å². The molecule has 0 aliphatic heterocycles. The third-order valence-corrected chi connectivity index (χ3v) is 4.21. The number of nitrogens with zero attached hydrogens (tertiary/aromatic N) is 1. The van der Waals surface area contributed by atoms with Gasteiger partial charge in [-0.3, -0.25) is 11.3 Å². The number of nitrogens with two attached hydrogens (primary N) is 2. The highest BCUT2D eigenvalue weighted by atomic mass is 15.2. The standard InChI is InChI=1S/C14H24N4/c1-10-4-6-11(7-5-10)13(18-16)9-12-3-2-8-17-14(12)15/h2-3,8,10-11,13,18H,4-7,9,16H2,1H3,(H2,15,17). The van der Waals surface area contributed by atoms with E-state index in [2.05, 4.69) is 17.3 Å². The van der Waals surface area contributed by atoms with Gasteiger partial charge in [0.25, 0.3) is 0 Å². The van der Waals surface area contributed by atoms with Gasteiger partial charge >= 0.3 is 0 Å². The largest absolute Gasteiger partial charge is 0.383 e. The van der Waals surface area contributed by atoms with Crippen molar-refractivity contribution in [2.75, 3.05) is 5.73 Å². The average molecular weight is 248 g/mol. The van der Waals surface area contributed by atoms with Crippen molar-refractivity contribution in [3.63, 3.8) is 0 Å². The number of nitrogen functional groups attached to an aromatic ring is 1. The third kappa shape index (κ3) is 3.21. The van der Waals surface area contributed by atoms with Gasteiger partial charge in [0.05, 0.1) is 0 Å². The van der Waals surface area contributed by atoms with Gasteiger partial charge in [0.2, 0.25) is 0 Å². The number of rotatable bonds is 4. The number of anilines is 1. The van der Waals surface area contributed by atoms with E-state index >= 15 is 0 Å². The summed E-state index contributed by atoms with van der Waals surface area (Å²) in [5.74, 6) is 7.87. The molecular formula is C14H24N4. The summed E-state index contributed by atoms with van der Waals surface area (Å²) in [6.45, 7) is 2.33. The van der Waals surface area contributed by atoms with Crippen molar-refractivity contribution in [1.82, 2.24) is 10.4 Å². The lowest BCUT2D eigenvalue weighted by Gasteiger charge is -2.32. The van der Waals surface area contributed by atoms with Gasteiger partial charge in [-0.2, -0.15) is 0 Å². The minimum Gasteiger partial charge on any atom is -0.383 e. The third-order valence-electron chi connectivity index (χ3n) is 4.21. The van der Waals surface area contributed by atoms with Crippen LogP contribution in [0.25, 0.3) is 0 Å². The Labute approximate surface area is 109 Å². The first-order valence-electron chi connectivity index (χ1n) is 6.86. The van der Waals surface area contributed by atoms with E-state index in [0.717, 1.165) is 17.9 Å². The van der Waals surface area contributed by atoms with Crippen molar-refractivity contribution in [1.29, 1.82) is 0 Å². The number of hydrazine groups is 1. The average Bonchev–Trinajstić information content (AvgIpc) is 2.39. The van der Waals surface area contributed by atoms with Crippen molar-refractivity contribution in [3.05, 3.63) is 23.9 Å². The maximum atomic E-state index is 5.90. The second-order valence-electron chi connectivity index (χ2n) is 5.55. The number of nitrogens with one attached hydrogen (secondary N) is 1. The van der Waals surface area contributed by atoms with Crippen LogP contribution in [0.2, 0.25) is 0 Å². The fourth-order valence-corrected chi connectivity index (χ4v) is 2.91. The van der Waals surface area contributed by atoms with Gasteiger partial charge in [-0.05, 0) is 42.7 Å². The van der Waals surface area contributed by atoms with Gasteiger partial charge in [-0.1, -0.05) is 25.8 Å². The van der Waals surface area contributed by atoms with Crippen molar-refractivity contribution < 1.29 is 0 Å². The minimum atomic E-state index is 0.309. The number of pyridine rings is 1. The molecule has 100 valence electrons. The van der Waals surface area contributed by atoms with Crippen LogP contribution in [-0.2, 0) is 6.42 Å². The van der Waals surface area contributed by atoms with E-state index in [4.69, 9.17) is 11.6 Å². The Kier molecular flexibility index (Phi) is 4.55. The van der Waals surface area contributed by atoms with E-state index in [0.29, 0.717) is 17.8 Å². The molecule has 18 heavy (non-hydrogen) atoms. The molecule has 0 bridgehead atoms. The van der Waals surface area contributed by atoms with E-state index in [1.165, 1.54) is 25.7 Å². The molecule has 0 saturated heterocycles. The Morgan fingerprint density at radius 1 is 1.39 bits per heavy atom. The Balaban J connectivity index is 1.99. The summed E-state index contributed by atoms with van der Waals surface area (Å²) >= 11 is 0. The molecule has 5 N–H and O–H groups in total. The molecule has 0 amide bonds. The number of aromatic nitrogens is 1. The lowest BCUT2D eigenvalue weighted by Crippen LogP contribution is -2.43. The minimum absolute atomic E-state index is 0.309. The molecule has 1 aliphatic carbocycles. The van der Waals surface area contributed by atoms with Crippen LogP contribution < -0.4 is 17.0 Å². The second-order valence-corrected chi connectivity index (χ2v) is 5.55. The maximum Gasteiger partial charge on any atom is 0.126 e. The summed E-state index contributed by atoms with van der Waals surface area (Å²) in [6, 6.07) is 4.28. The molecule has 4 nitrogen and oxygen atoms in total. The highest BCUT2D eigenvalue weighted by Crippen LogP contribution is 2.31. The second kappa shape index (κ2) is 6.16. The van der Waals surface area contributed by atoms with Crippen LogP contribution in [0.4, 0.5) is 5.82 Å².